The summed E-state index contributed by atoms with van der Waals surface area (Å²) in [4.78, 5) is 5.57. The Morgan fingerprint density at radius 1 is 1.33 bits per heavy atom. The summed E-state index contributed by atoms with van der Waals surface area (Å²) in [6.45, 7) is 4.28. The van der Waals surface area contributed by atoms with Crippen LogP contribution in [0.3, 0.4) is 0 Å². The Hall–Kier alpha value is -0.810. The molecular formula is C13H15BrN2OS. The maximum Gasteiger partial charge on any atom is 0.226 e. The van der Waals surface area contributed by atoms with Crippen LogP contribution in [0.5, 0.6) is 0 Å². The smallest absolute Gasteiger partial charge is 0.226 e. The van der Waals surface area contributed by atoms with Crippen molar-refractivity contribution in [1.29, 1.82) is 0 Å². The third kappa shape index (κ3) is 3.85. The minimum Gasteiger partial charge on any atom is -0.339 e. The summed E-state index contributed by atoms with van der Waals surface area (Å²) in [5.74, 6) is 2.75. The average Bonchev–Trinajstić information content (AvgIpc) is 2.75. The highest BCUT2D eigenvalue weighted by Gasteiger charge is 2.09. The quantitative estimate of drug-likeness (QED) is 0.767. The highest BCUT2D eigenvalue weighted by Crippen LogP contribution is 2.29. The van der Waals surface area contributed by atoms with Crippen molar-refractivity contribution in [3.63, 3.8) is 0 Å². The predicted octanol–water partition coefficient (Wildman–Crippen LogP) is 4.32. The summed E-state index contributed by atoms with van der Waals surface area (Å²) in [5, 5.41) is 3.99. The minimum absolute atomic E-state index is 0.536. The van der Waals surface area contributed by atoms with E-state index in [1.54, 1.807) is 11.8 Å². The summed E-state index contributed by atoms with van der Waals surface area (Å²) in [7, 11) is 0. The fourth-order valence-corrected chi connectivity index (χ4v) is 2.90. The van der Waals surface area contributed by atoms with Crippen LogP contribution in [0, 0.1) is 5.92 Å². The topological polar surface area (TPSA) is 38.9 Å². The number of benzene rings is 1. The lowest BCUT2D eigenvalue weighted by Gasteiger charge is -2.00. The Labute approximate surface area is 119 Å². The van der Waals surface area contributed by atoms with Crippen LogP contribution in [-0.4, -0.2) is 10.1 Å². The summed E-state index contributed by atoms with van der Waals surface area (Å²) in [5.41, 5.74) is 0. The van der Waals surface area contributed by atoms with Gasteiger partial charge in [-0.2, -0.15) is 4.98 Å². The lowest BCUT2D eigenvalue weighted by Crippen LogP contribution is -1.94. The van der Waals surface area contributed by atoms with Gasteiger partial charge in [-0.25, -0.2) is 0 Å². The molecule has 2 aromatic rings. The number of hydrogen-bond donors (Lipinski definition) is 0. The lowest BCUT2D eigenvalue weighted by atomic mass is 10.1. The first-order valence-electron chi connectivity index (χ1n) is 5.84. The van der Waals surface area contributed by atoms with Crippen LogP contribution in [0.15, 0.2) is 38.2 Å². The number of nitrogens with zero attached hydrogens (tertiary/aromatic N) is 2. The van der Waals surface area contributed by atoms with Gasteiger partial charge in [-0.05, 0) is 34.0 Å². The zero-order valence-electron chi connectivity index (χ0n) is 10.4. The van der Waals surface area contributed by atoms with Gasteiger partial charge >= 0.3 is 0 Å². The van der Waals surface area contributed by atoms with Crippen LogP contribution in [0.1, 0.15) is 25.6 Å². The van der Waals surface area contributed by atoms with Gasteiger partial charge in [0, 0.05) is 15.8 Å². The molecule has 0 spiro atoms. The van der Waals surface area contributed by atoms with Gasteiger partial charge in [0.15, 0.2) is 5.82 Å². The molecule has 0 aliphatic rings. The Balaban J connectivity index is 1.94. The third-order valence-electron chi connectivity index (χ3n) is 2.29. The molecule has 0 amide bonds. The van der Waals surface area contributed by atoms with E-state index in [0.717, 1.165) is 28.4 Å². The monoisotopic (exact) mass is 326 g/mol. The molecule has 0 aliphatic heterocycles. The van der Waals surface area contributed by atoms with E-state index in [1.807, 2.05) is 18.2 Å². The second-order valence-electron chi connectivity index (χ2n) is 4.42. The van der Waals surface area contributed by atoms with Gasteiger partial charge in [0.2, 0.25) is 5.89 Å². The first-order valence-corrected chi connectivity index (χ1v) is 7.62. The molecule has 1 aromatic heterocycles. The van der Waals surface area contributed by atoms with E-state index in [9.17, 15) is 0 Å². The van der Waals surface area contributed by atoms with Crippen LogP contribution in [0.25, 0.3) is 0 Å². The molecule has 18 heavy (non-hydrogen) atoms. The van der Waals surface area contributed by atoms with E-state index >= 15 is 0 Å². The molecule has 0 N–H and O–H groups in total. The molecule has 96 valence electrons. The van der Waals surface area contributed by atoms with Crippen molar-refractivity contribution in [3.05, 3.63) is 40.5 Å². The van der Waals surface area contributed by atoms with Gasteiger partial charge in [-0.1, -0.05) is 31.1 Å². The van der Waals surface area contributed by atoms with Crippen LogP contribution < -0.4 is 0 Å². The zero-order valence-corrected chi connectivity index (χ0v) is 12.8. The standard InChI is InChI=1S/C13H15BrN2OS/c1-9(2)7-13-15-12(16-17-13)8-18-11-6-4-3-5-10(11)14/h3-6,9H,7-8H2,1-2H3. The predicted molar refractivity (Wildman–Crippen MR) is 76.5 cm³/mol. The molecule has 0 fully saturated rings. The van der Waals surface area contributed by atoms with Gasteiger partial charge in [0.25, 0.3) is 0 Å². The molecule has 0 bridgehead atoms. The first kappa shape index (κ1) is 13.6. The van der Waals surface area contributed by atoms with Crippen LogP contribution in [-0.2, 0) is 12.2 Å². The SMILES string of the molecule is CC(C)Cc1nc(CSc2ccccc2Br)no1. The van der Waals surface area contributed by atoms with Crippen LogP contribution >= 0.6 is 27.7 Å². The molecular weight excluding hydrogens is 312 g/mol. The molecule has 0 radical (unpaired) electrons. The highest BCUT2D eigenvalue weighted by molar-refractivity contribution is 9.10. The number of halogens is 1. The molecule has 5 heteroatoms. The number of thioether (sulfide) groups is 1. The molecule has 1 heterocycles. The molecule has 0 unspecified atom stereocenters. The first-order chi connectivity index (χ1) is 8.65. The maximum absolute atomic E-state index is 5.21. The van der Waals surface area contributed by atoms with E-state index < -0.39 is 0 Å². The molecule has 0 atom stereocenters. The van der Waals surface area contributed by atoms with Gasteiger partial charge in [-0.3, -0.25) is 0 Å². The van der Waals surface area contributed by atoms with E-state index in [2.05, 4.69) is 46.0 Å². The summed E-state index contributed by atoms with van der Waals surface area (Å²) in [6, 6.07) is 8.13. The fourth-order valence-electron chi connectivity index (χ4n) is 1.49. The molecule has 0 saturated carbocycles. The number of hydrogen-bond acceptors (Lipinski definition) is 4. The second-order valence-corrected chi connectivity index (χ2v) is 6.29. The summed E-state index contributed by atoms with van der Waals surface area (Å²) >= 11 is 5.22. The largest absolute Gasteiger partial charge is 0.339 e. The summed E-state index contributed by atoms with van der Waals surface area (Å²) in [6.07, 6.45) is 0.840. The molecule has 0 saturated heterocycles. The van der Waals surface area contributed by atoms with Crippen molar-refractivity contribution in [2.75, 3.05) is 0 Å². The molecule has 0 aliphatic carbocycles. The van der Waals surface area contributed by atoms with Crippen molar-refractivity contribution in [2.45, 2.75) is 30.9 Å². The van der Waals surface area contributed by atoms with Crippen molar-refractivity contribution in [3.8, 4) is 0 Å². The van der Waals surface area contributed by atoms with Crippen LogP contribution in [0.2, 0.25) is 0 Å². The van der Waals surface area contributed by atoms with Gasteiger partial charge in [0.05, 0.1) is 5.75 Å². The van der Waals surface area contributed by atoms with Gasteiger partial charge in [0.1, 0.15) is 0 Å². The van der Waals surface area contributed by atoms with Crippen molar-refractivity contribution in [2.24, 2.45) is 5.92 Å². The van der Waals surface area contributed by atoms with Crippen molar-refractivity contribution >= 4 is 27.7 Å². The Morgan fingerprint density at radius 3 is 2.83 bits per heavy atom. The second kappa shape index (κ2) is 6.38. The Morgan fingerprint density at radius 2 is 2.11 bits per heavy atom. The van der Waals surface area contributed by atoms with E-state index in [-0.39, 0.29) is 0 Å². The third-order valence-corrected chi connectivity index (χ3v) is 4.31. The van der Waals surface area contributed by atoms with E-state index in [4.69, 9.17) is 4.52 Å². The zero-order chi connectivity index (χ0) is 13.0. The number of rotatable bonds is 5. The lowest BCUT2D eigenvalue weighted by molar-refractivity contribution is 0.360. The highest BCUT2D eigenvalue weighted by atomic mass is 79.9. The van der Waals surface area contributed by atoms with Gasteiger partial charge in [-0.15, -0.1) is 11.8 Å². The molecule has 3 nitrogen and oxygen atoms in total. The van der Waals surface area contributed by atoms with Crippen LogP contribution in [0.4, 0.5) is 0 Å². The normalized spacial score (nSPS) is 11.1. The Bertz CT molecular complexity index is 513. The summed E-state index contributed by atoms with van der Waals surface area (Å²) < 4.78 is 6.31. The number of aromatic nitrogens is 2. The van der Waals surface area contributed by atoms with Crippen molar-refractivity contribution < 1.29 is 4.52 Å². The van der Waals surface area contributed by atoms with E-state index in [1.165, 1.54) is 4.90 Å². The van der Waals surface area contributed by atoms with Crippen molar-refractivity contribution in [1.82, 2.24) is 10.1 Å². The Kier molecular flexibility index (Phi) is 4.83. The average molecular weight is 327 g/mol. The fraction of sp³-hybridized carbons (Fsp3) is 0.385. The van der Waals surface area contributed by atoms with E-state index in [0.29, 0.717) is 5.92 Å². The molecule has 2 rings (SSSR count). The maximum atomic E-state index is 5.21. The minimum atomic E-state index is 0.536. The molecule has 1 aromatic carbocycles. The van der Waals surface area contributed by atoms with Gasteiger partial charge < -0.3 is 4.52 Å².